The molecule has 0 aliphatic heterocycles. The van der Waals surface area contributed by atoms with E-state index in [0.717, 1.165) is 23.1 Å². The number of ether oxygens (including phenoxy) is 1. The van der Waals surface area contributed by atoms with Gasteiger partial charge in [0.05, 0.1) is 11.1 Å². The standard InChI is InChI=1S/C13H15BrO/c1-3-5-6-7-11-8-9-13(15-4-2)12(14)10-11/h8-10H,4,6-7H2,1-2H3. The summed E-state index contributed by atoms with van der Waals surface area (Å²) in [6, 6.07) is 6.19. The molecule has 0 aliphatic rings. The SMILES string of the molecule is CC#CCCc1ccc(OCC)c(Br)c1. The number of rotatable bonds is 4. The van der Waals surface area contributed by atoms with Gasteiger partial charge in [-0.3, -0.25) is 0 Å². The molecule has 0 aromatic heterocycles. The Balaban J connectivity index is 2.67. The third-order valence-corrected chi connectivity index (χ3v) is 2.63. The highest BCUT2D eigenvalue weighted by atomic mass is 79.9. The molecular weight excluding hydrogens is 252 g/mol. The van der Waals surface area contributed by atoms with Gasteiger partial charge in [-0.25, -0.2) is 0 Å². The Morgan fingerprint density at radius 1 is 1.40 bits per heavy atom. The fourth-order valence-electron chi connectivity index (χ4n) is 1.30. The minimum Gasteiger partial charge on any atom is -0.493 e. The molecular formula is C13H15BrO. The zero-order valence-electron chi connectivity index (χ0n) is 9.14. The van der Waals surface area contributed by atoms with Gasteiger partial charge in [0.1, 0.15) is 5.75 Å². The molecule has 0 aliphatic carbocycles. The van der Waals surface area contributed by atoms with E-state index in [-0.39, 0.29) is 0 Å². The molecule has 1 rings (SSSR count). The van der Waals surface area contributed by atoms with E-state index in [4.69, 9.17) is 4.74 Å². The average molecular weight is 267 g/mol. The summed E-state index contributed by atoms with van der Waals surface area (Å²) in [5, 5.41) is 0. The second-order valence-corrected chi connectivity index (χ2v) is 3.98. The molecule has 15 heavy (non-hydrogen) atoms. The van der Waals surface area contributed by atoms with Crippen molar-refractivity contribution in [3.05, 3.63) is 28.2 Å². The van der Waals surface area contributed by atoms with Crippen LogP contribution in [0.4, 0.5) is 0 Å². The summed E-state index contributed by atoms with van der Waals surface area (Å²) in [6.45, 7) is 4.55. The Morgan fingerprint density at radius 2 is 2.20 bits per heavy atom. The van der Waals surface area contributed by atoms with Crippen molar-refractivity contribution in [3.63, 3.8) is 0 Å². The smallest absolute Gasteiger partial charge is 0.133 e. The third-order valence-electron chi connectivity index (χ3n) is 2.01. The molecule has 0 N–H and O–H groups in total. The van der Waals surface area contributed by atoms with Crippen molar-refractivity contribution in [2.75, 3.05) is 6.61 Å². The van der Waals surface area contributed by atoms with Gasteiger partial charge in [0, 0.05) is 6.42 Å². The number of aryl methyl sites for hydroxylation is 1. The second-order valence-electron chi connectivity index (χ2n) is 3.12. The van der Waals surface area contributed by atoms with Gasteiger partial charge in [-0.1, -0.05) is 6.07 Å². The molecule has 1 aromatic rings. The van der Waals surface area contributed by atoms with Gasteiger partial charge in [0.15, 0.2) is 0 Å². The van der Waals surface area contributed by atoms with Crippen LogP contribution in [0.25, 0.3) is 0 Å². The first-order valence-electron chi connectivity index (χ1n) is 5.08. The molecule has 1 aromatic carbocycles. The lowest BCUT2D eigenvalue weighted by atomic mass is 10.1. The van der Waals surface area contributed by atoms with Crippen LogP contribution in [0.2, 0.25) is 0 Å². The van der Waals surface area contributed by atoms with Crippen molar-refractivity contribution in [1.82, 2.24) is 0 Å². The molecule has 0 saturated heterocycles. The highest BCUT2D eigenvalue weighted by Gasteiger charge is 2.01. The van der Waals surface area contributed by atoms with E-state index in [1.54, 1.807) is 0 Å². The first-order valence-corrected chi connectivity index (χ1v) is 5.88. The summed E-state index contributed by atoms with van der Waals surface area (Å²) < 4.78 is 6.46. The zero-order valence-corrected chi connectivity index (χ0v) is 10.7. The van der Waals surface area contributed by atoms with E-state index < -0.39 is 0 Å². The molecule has 0 unspecified atom stereocenters. The first kappa shape index (κ1) is 12.1. The fraction of sp³-hybridized carbons (Fsp3) is 0.385. The molecule has 0 radical (unpaired) electrons. The highest BCUT2D eigenvalue weighted by Crippen LogP contribution is 2.26. The third kappa shape index (κ3) is 3.97. The molecule has 0 saturated carbocycles. The van der Waals surface area contributed by atoms with E-state index in [2.05, 4.69) is 39.9 Å². The van der Waals surface area contributed by atoms with Crippen LogP contribution in [0.1, 0.15) is 25.8 Å². The molecule has 0 bridgehead atoms. The van der Waals surface area contributed by atoms with Gasteiger partial charge in [-0.15, -0.1) is 11.8 Å². The Morgan fingerprint density at radius 3 is 2.80 bits per heavy atom. The lowest BCUT2D eigenvalue weighted by molar-refractivity contribution is 0.338. The van der Waals surface area contributed by atoms with Crippen molar-refractivity contribution in [1.29, 1.82) is 0 Å². The largest absolute Gasteiger partial charge is 0.493 e. The summed E-state index contributed by atoms with van der Waals surface area (Å²) in [5.41, 5.74) is 1.29. The van der Waals surface area contributed by atoms with Crippen molar-refractivity contribution in [3.8, 4) is 17.6 Å². The molecule has 0 amide bonds. The Labute approximate surface area is 100.0 Å². The van der Waals surface area contributed by atoms with Gasteiger partial charge in [0.2, 0.25) is 0 Å². The Hall–Kier alpha value is -0.940. The van der Waals surface area contributed by atoms with Crippen LogP contribution in [0.5, 0.6) is 5.75 Å². The first-order chi connectivity index (χ1) is 7.27. The van der Waals surface area contributed by atoms with Crippen LogP contribution < -0.4 is 4.74 Å². The van der Waals surface area contributed by atoms with Crippen molar-refractivity contribution in [2.45, 2.75) is 26.7 Å². The number of hydrogen-bond donors (Lipinski definition) is 0. The predicted octanol–water partition coefficient (Wildman–Crippen LogP) is 3.80. The van der Waals surface area contributed by atoms with Crippen molar-refractivity contribution in [2.24, 2.45) is 0 Å². The van der Waals surface area contributed by atoms with Crippen LogP contribution in [-0.2, 0) is 6.42 Å². The zero-order chi connectivity index (χ0) is 11.1. The summed E-state index contributed by atoms with van der Waals surface area (Å²) in [7, 11) is 0. The van der Waals surface area contributed by atoms with Crippen LogP contribution in [0, 0.1) is 11.8 Å². The summed E-state index contributed by atoms with van der Waals surface area (Å²) in [4.78, 5) is 0. The second kappa shape index (κ2) is 6.53. The normalized spacial score (nSPS) is 9.27. The lowest BCUT2D eigenvalue weighted by Gasteiger charge is -2.07. The van der Waals surface area contributed by atoms with E-state index in [1.165, 1.54) is 5.56 Å². The van der Waals surface area contributed by atoms with Crippen LogP contribution in [0.15, 0.2) is 22.7 Å². The fourth-order valence-corrected chi connectivity index (χ4v) is 1.84. The molecule has 1 nitrogen and oxygen atoms in total. The van der Waals surface area contributed by atoms with E-state index in [1.807, 2.05) is 19.9 Å². The van der Waals surface area contributed by atoms with Crippen LogP contribution in [-0.4, -0.2) is 6.61 Å². The van der Waals surface area contributed by atoms with Crippen molar-refractivity contribution >= 4 is 15.9 Å². The maximum Gasteiger partial charge on any atom is 0.133 e. The van der Waals surface area contributed by atoms with Crippen molar-refractivity contribution < 1.29 is 4.74 Å². The highest BCUT2D eigenvalue weighted by molar-refractivity contribution is 9.10. The van der Waals surface area contributed by atoms with Gasteiger partial charge in [-0.05, 0) is 53.9 Å². The lowest BCUT2D eigenvalue weighted by Crippen LogP contribution is -1.93. The summed E-state index contributed by atoms with van der Waals surface area (Å²) >= 11 is 3.50. The molecule has 0 heterocycles. The molecule has 0 spiro atoms. The molecule has 0 atom stereocenters. The van der Waals surface area contributed by atoms with Gasteiger partial charge >= 0.3 is 0 Å². The average Bonchev–Trinajstić information content (AvgIpc) is 2.23. The van der Waals surface area contributed by atoms with Gasteiger partial charge < -0.3 is 4.74 Å². The summed E-state index contributed by atoms with van der Waals surface area (Å²) in [6.07, 6.45) is 1.91. The van der Waals surface area contributed by atoms with E-state index in [0.29, 0.717) is 6.61 Å². The molecule has 2 heteroatoms. The monoisotopic (exact) mass is 266 g/mol. The summed E-state index contributed by atoms with van der Waals surface area (Å²) in [5.74, 6) is 6.86. The van der Waals surface area contributed by atoms with E-state index >= 15 is 0 Å². The Bertz CT molecular complexity index is 374. The number of hydrogen-bond acceptors (Lipinski definition) is 1. The molecule has 80 valence electrons. The predicted molar refractivity (Wildman–Crippen MR) is 67.1 cm³/mol. The topological polar surface area (TPSA) is 9.23 Å². The quantitative estimate of drug-likeness (QED) is 0.754. The number of benzene rings is 1. The maximum atomic E-state index is 5.44. The Kier molecular flexibility index (Phi) is 5.28. The number of halogens is 1. The molecule has 0 fully saturated rings. The van der Waals surface area contributed by atoms with Gasteiger partial charge in [-0.2, -0.15) is 0 Å². The van der Waals surface area contributed by atoms with Crippen LogP contribution >= 0.6 is 15.9 Å². The minimum atomic E-state index is 0.694. The van der Waals surface area contributed by atoms with Crippen LogP contribution in [0.3, 0.4) is 0 Å². The minimum absolute atomic E-state index is 0.694. The maximum absolute atomic E-state index is 5.44. The van der Waals surface area contributed by atoms with Gasteiger partial charge in [0.25, 0.3) is 0 Å². The van der Waals surface area contributed by atoms with E-state index in [9.17, 15) is 0 Å².